The molecule has 0 bridgehead atoms. The molecule has 0 radical (unpaired) electrons. The van der Waals surface area contributed by atoms with Crippen molar-refractivity contribution < 1.29 is 19.0 Å². The minimum atomic E-state index is -0.254. The fourth-order valence-corrected chi connectivity index (χ4v) is 4.07. The summed E-state index contributed by atoms with van der Waals surface area (Å²) in [6.07, 6.45) is 9.36. The Morgan fingerprint density at radius 2 is 2.00 bits per heavy atom. The second-order valence-electron chi connectivity index (χ2n) is 7.62. The summed E-state index contributed by atoms with van der Waals surface area (Å²) in [6, 6.07) is 6.14. The van der Waals surface area contributed by atoms with Gasteiger partial charge in [0.1, 0.15) is 0 Å². The number of nitrogens with zero attached hydrogens (tertiary/aromatic N) is 1. The van der Waals surface area contributed by atoms with Crippen molar-refractivity contribution >= 4 is 5.71 Å². The van der Waals surface area contributed by atoms with Crippen LogP contribution in [-0.2, 0) is 9.57 Å². The lowest BCUT2D eigenvalue weighted by molar-refractivity contribution is -0.0237. The van der Waals surface area contributed by atoms with Gasteiger partial charge in [0, 0.05) is 18.4 Å². The van der Waals surface area contributed by atoms with E-state index in [2.05, 4.69) is 17.3 Å². The van der Waals surface area contributed by atoms with Crippen molar-refractivity contribution in [1.82, 2.24) is 0 Å². The van der Waals surface area contributed by atoms with Gasteiger partial charge in [-0.05, 0) is 50.8 Å². The van der Waals surface area contributed by atoms with Crippen LogP contribution in [0.3, 0.4) is 0 Å². The molecule has 2 heterocycles. The average Bonchev–Trinajstić information content (AvgIpc) is 3.21. The summed E-state index contributed by atoms with van der Waals surface area (Å²) in [5.41, 5.74) is 1.78. The minimum Gasteiger partial charge on any atom is -0.490 e. The van der Waals surface area contributed by atoms with E-state index < -0.39 is 0 Å². The van der Waals surface area contributed by atoms with Gasteiger partial charge in [-0.3, -0.25) is 0 Å². The summed E-state index contributed by atoms with van der Waals surface area (Å²) in [6.45, 7) is 4.01. The molecule has 1 saturated heterocycles. The molecule has 2 aliphatic heterocycles. The molecule has 5 nitrogen and oxygen atoms in total. The first-order valence-corrected chi connectivity index (χ1v) is 10.0. The molecule has 142 valence electrons. The van der Waals surface area contributed by atoms with E-state index in [-0.39, 0.29) is 11.7 Å². The van der Waals surface area contributed by atoms with Crippen molar-refractivity contribution in [3.05, 3.63) is 23.8 Å². The van der Waals surface area contributed by atoms with Gasteiger partial charge in [-0.15, -0.1) is 0 Å². The summed E-state index contributed by atoms with van der Waals surface area (Å²) in [5, 5.41) is 4.36. The molecule has 0 aromatic heterocycles. The van der Waals surface area contributed by atoms with Crippen LogP contribution in [0.25, 0.3) is 0 Å². The quantitative estimate of drug-likeness (QED) is 0.728. The lowest BCUT2D eigenvalue weighted by atomic mass is 9.93. The van der Waals surface area contributed by atoms with Gasteiger partial charge in [0.15, 0.2) is 17.1 Å². The smallest absolute Gasteiger partial charge is 0.168 e. The van der Waals surface area contributed by atoms with Crippen LogP contribution >= 0.6 is 0 Å². The number of hydrogen-bond donors (Lipinski definition) is 0. The standard InChI is InChI=1S/C21H29NO4/c1-2-24-19-10-9-16(18-14-21(26-22-18)11-12-23-15-21)13-20(19)25-17-7-5-3-4-6-8-17/h9-10,13,17H,2-8,11-12,14-15H2,1H3. The Morgan fingerprint density at radius 3 is 2.73 bits per heavy atom. The second-order valence-corrected chi connectivity index (χ2v) is 7.62. The maximum atomic E-state index is 6.39. The summed E-state index contributed by atoms with van der Waals surface area (Å²) < 4.78 is 17.7. The normalized spacial score (nSPS) is 26.4. The molecule has 3 aliphatic rings. The highest BCUT2D eigenvalue weighted by molar-refractivity contribution is 6.02. The zero-order valence-electron chi connectivity index (χ0n) is 15.7. The Balaban J connectivity index is 1.53. The van der Waals surface area contributed by atoms with E-state index in [0.717, 1.165) is 55.1 Å². The molecule has 2 fully saturated rings. The highest BCUT2D eigenvalue weighted by Gasteiger charge is 2.43. The largest absolute Gasteiger partial charge is 0.490 e. The number of rotatable bonds is 5. The fraction of sp³-hybridized carbons (Fsp3) is 0.667. The Bertz CT molecular complexity index is 643. The second kappa shape index (κ2) is 7.87. The van der Waals surface area contributed by atoms with Crippen LogP contribution in [-0.4, -0.2) is 37.2 Å². The van der Waals surface area contributed by atoms with E-state index in [0.29, 0.717) is 13.2 Å². The Hall–Kier alpha value is -1.75. The SMILES string of the molecule is CCOc1ccc(C2=NOC3(CCOC3)C2)cc1OC1CCCCCC1. The summed E-state index contributed by atoms with van der Waals surface area (Å²) >= 11 is 0. The van der Waals surface area contributed by atoms with Crippen LogP contribution in [0.2, 0.25) is 0 Å². The molecule has 1 unspecified atom stereocenters. The predicted molar refractivity (Wildman–Crippen MR) is 100 cm³/mol. The van der Waals surface area contributed by atoms with E-state index in [1.807, 2.05) is 13.0 Å². The molecule has 0 amide bonds. The third kappa shape index (κ3) is 3.83. The van der Waals surface area contributed by atoms with Crippen LogP contribution in [0, 0.1) is 0 Å². The molecule has 1 atom stereocenters. The highest BCUT2D eigenvalue weighted by atomic mass is 16.7. The zero-order chi connectivity index (χ0) is 17.8. The van der Waals surface area contributed by atoms with E-state index in [4.69, 9.17) is 19.0 Å². The first kappa shape index (κ1) is 17.7. The predicted octanol–water partition coefficient (Wildman–Crippen LogP) is 4.47. The highest BCUT2D eigenvalue weighted by Crippen LogP contribution is 2.37. The summed E-state index contributed by atoms with van der Waals surface area (Å²) in [4.78, 5) is 5.74. The molecular formula is C21H29NO4. The molecule has 1 aromatic rings. The first-order valence-electron chi connectivity index (χ1n) is 10.0. The third-order valence-corrected chi connectivity index (χ3v) is 5.58. The topological polar surface area (TPSA) is 49.3 Å². The lowest BCUT2D eigenvalue weighted by Crippen LogP contribution is -2.29. The summed E-state index contributed by atoms with van der Waals surface area (Å²) in [5.74, 6) is 1.65. The van der Waals surface area contributed by atoms with Crippen molar-refractivity contribution in [3.8, 4) is 11.5 Å². The van der Waals surface area contributed by atoms with Crippen molar-refractivity contribution in [2.24, 2.45) is 5.16 Å². The summed E-state index contributed by atoms with van der Waals surface area (Å²) in [7, 11) is 0. The first-order chi connectivity index (χ1) is 12.8. The molecule has 1 saturated carbocycles. The van der Waals surface area contributed by atoms with Crippen LogP contribution in [0.1, 0.15) is 63.9 Å². The maximum absolute atomic E-state index is 6.39. The van der Waals surface area contributed by atoms with Gasteiger partial charge >= 0.3 is 0 Å². The number of oxime groups is 1. The number of benzene rings is 1. The van der Waals surface area contributed by atoms with Gasteiger partial charge < -0.3 is 19.0 Å². The molecule has 5 heteroatoms. The monoisotopic (exact) mass is 359 g/mol. The van der Waals surface area contributed by atoms with Crippen LogP contribution in [0.5, 0.6) is 11.5 Å². The Kier molecular flexibility index (Phi) is 5.34. The van der Waals surface area contributed by atoms with Crippen LogP contribution in [0.15, 0.2) is 23.4 Å². The molecule has 4 rings (SSSR count). The molecule has 1 spiro atoms. The van der Waals surface area contributed by atoms with Crippen molar-refractivity contribution in [2.75, 3.05) is 19.8 Å². The zero-order valence-corrected chi connectivity index (χ0v) is 15.7. The molecule has 1 aromatic carbocycles. The van der Waals surface area contributed by atoms with E-state index in [1.165, 1.54) is 25.7 Å². The van der Waals surface area contributed by atoms with E-state index in [1.54, 1.807) is 0 Å². The van der Waals surface area contributed by atoms with E-state index in [9.17, 15) is 0 Å². The van der Waals surface area contributed by atoms with Crippen LogP contribution < -0.4 is 9.47 Å². The van der Waals surface area contributed by atoms with Gasteiger partial charge in [0.25, 0.3) is 0 Å². The molecule has 0 N–H and O–H groups in total. The average molecular weight is 359 g/mol. The Morgan fingerprint density at radius 1 is 1.15 bits per heavy atom. The van der Waals surface area contributed by atoms with Gasteiger partial charge in [-0.25, -0.2) is 0 Å². The number of hydrogen-bond acceptors (Lipinski definition) is 5. The van der Waals surface area contributed by atoms with Gasteiger partial charge in [-0.1, -0.05) is 18.0 Å². The van der Waals surface area contributed by atoms with Crippen molar-refractivity contribution in [1.29, 1.82) is 0 Å². The molecular weight excluding hydrogens is 330 g/mol. The Labute approximate surface area is 155 Å². The lowest BCUT2D eigenvalue weighted by Gasteiger charge is -2.20. The van der Waals surface area contributed by atoms with Gasteiger partial charge in [0.05, 0.1) is 31.6 Å². The third-order valence-electron chi connectivity index (χ3n) is 5.58. The molecule has 1 aliphatic carbocycles. The fourth-order valence-electron chi connectivity index (χ4n) is 4.07. The van der Waals surface area contributed by atoms with E-state index >= 15 is 0 Å². The maximum Gasteiger partial charge on any atom is 0.168 e. The molecule has 26 heavy (non-hydrogen) atoms. The minimum absolute atomic E-state index is 0.254. The van der Waals surface area contributed by atoms with Gasteiger partial charge in [-0.2, -0.15) is 0 Å². The van der Waals surface area contributed by atoms with Crippen molar-refractivity contribution in [2.45, 2.75) is 70.0 Å². The van der Waals surface area contributed by atoms with Crippen LogP contribution in [0.4, 0.5) is 0 Å². The van der Waals surface area contributed by atoms with Crippen molar-refractivity contribution in [3.63, 3.8) is 0 Å². The van der Waals surface area contributed by atoms with Gasteiger partial charge in [0.2, 0.25) is 0 Å². The number of ether oxygens (including phenoxy) is 3.